The highest BCUT2D eigenvalue weighted by Crippen LogP contribution is 2.23. The van der Waals surface area contributed by atoms with Crippen LogP contribution in [-0.4, -0.2) is 24.9 Å². The Kier molecular flexibility index (Phi) is 4.45. The minimum Gasteiger partial charge on any atom is -0.380 e. The number of halogens is 1. The molecule has 1 aromatic carbocycles. The Balaban J connectivity index is 2.22. The second-order valence-electron chi connectivity index (χ2n) is 4.37. The maximum absolute atomic E-state index is 12.1. The van der Waals surface area contributed by atoms with Crippen molar-refractivity contribution < 1.29 is 4.79 Å². The molecule has 0 saturated heterocycles. The van der Waals surface area contributed by atoms with E-state index in [-0.39, 0.29) is 5.91 Å². The van der Waals surface area contributed by atoms with Crippen molar-refractivity contribution in [3.8, 4) is 0 Å². The molecule has 0 aliphatic heterocycles. The summed E-state index contributed by atoms with van der Waals surface area (Å²) >= 11 is 7.65. The predicted octanol–water partition coefficient (Wildman–Crippen LogP) is 3.72. The Morgan fingerprint density at radius 1 is 1.37 bits per heavy atom. The van der Waals surface area contributed by atoms with Crippen LogP contribution >= 0.6 is 22.9 Å². The van der Waals surface area contributed by atoms with Crippen molar-refractivity contribution in [2.75, 3.05) is 19.4 Å². The lowest BCUT2D eigenvalue weighted by atomic mass is 10.1. The van der Waals surface area contributed by atoms with Crippen molar-refractivity contribution in [2.24, 2.45) is 0 Å². The summed E-state index contributed by atoms with van der Waals surface area (Å²) in [6.07, 6.45) is 0. The van der Waals surface area contributed by atoms with E-state index >= 15 is 0 Å². The van der Waals surface area contributed by atoms with Gasteiger partial charge in [-0.3, -0.25) is 4.79 Å². The van der Waals surface area contributed by atoms with Crippen LogP contribution in [0.4, 0.5) is 5.69 Å². The quantitative estimate of drug-likeness (QED) is 0.932. The van der Waals surface area contributed by atoms with E-state index in [0.29, 0.717) is 17.1 Å². The summed E-state index contributed by atoms with van der Waals surface area (Å²) in [5.41, 5.74) is 2.58. The van der Waals surface area contributed by atoms with Crippen molar-refractivity contribution in [3.63, 3.8) is 0 Å². The lowest BCUT2D eigenvalue weighted by Gasteiger charge is -2.15. The van der Waals surface area contributed by atoms with Crippen molar-refractivity contribution in [1.29, 1.82) is 0 Å². The highest BCUT2D eigenvalue weighted by Gasteiger charge is 2.13. The molecule has 0 radical (unpaired) electrons. The van der Waals surface area contributed by atoms with Gasteiger partial charge in [0, 0.05) is 31.4 Å². The van der Waals surface area contributed by atoms with Crippen LogP contribution in [-0.2, 0) is 6.54 Å². The van der Waals surface area contributed by atoms with Gasteiger partial charge in [-0.05, 0) is 40.6 Å². The number of carbonyl (C=O) groups is 1. The summed E-state index contributed by atoms with van der Waals surface area (Å²) in [5.74, 6) is -0.0375. The van der Waals surface area contributed by atoms with Gasteiger partial charge < -0.3 is 10.2 Å². The molecule has 0 atom stereocenters. The number of nitrogens with one attached hydrogen (secondary N) is 1. The highest BCUT2D eigenvalue weighted by atomic mass is 35.5. The lowest BCUT2D eigenvalue weighted by Crippen LogP contribution is -2.22. The van der Waals surface area contributed by atoms with Crippen LogP contribution in [0.25, 0.3) is 0 Å². The molecule has 0 fully saturated rings. The Morgan fingerprint density at radius 3 is 2.79 bits per heavy atom. The van der Waals surface area contributed by atoms with Crippen LogP contribution in [0, 0.1) is 0 Å². The van der Waals surface area contributed by atoms with Crippen LogP contribution < -0.4 is 5.32 Å². The number of anilines is 1. The first-order chi connectivity index (χ1) is 9.08. The van der Waals surface area contributed by atoms with Gasteiger partial charge in [0.2, 0.25) is 0 Å². The van der Waals surface area contributed by atoms with Gasteiger partial charge in [-0.25, -0.2) is 0 Å². The Morgan fingerprint density at radius 2 is 2.16 bits per heavy atom. The molecule has 1 aromatic heterocycles. The maximum atomic E-state index is 12.1. The average Bonchev–Trinajstić information content (AvgIpc) is 2.88. The topological polar surface area (TPSA) is 32.3 Å². The maximum Gasteiger partial charge on any atom is 0.255 e. The Hall–Kier alpha value is -1.52. The number of hydrogen-bond donors (Lipinski definition) is 1. The number of thiophene rings is 1. The number of benzene rings is 1. The molecule has 2 rings (SSSR count). The average molecular weight is 295 g/mol. The SMILES string of the molecule is CN(C)C(=O)c1ccc(Cl)cc1NCc1ccsc1. The van der Waals surface area contributed by atoms with Crippen LogP contribution in [0.2, 0.25) is 5.02 Å². The van der Waals surface area contributed by atoms with E-state index in [1.165, 1.54) is 5.56 Å². The van der Waals surface area contributed by atoms with Crippen LogP contribution in [0.5, 0.6) is 0 Å². The molecule has 1 heterocycles. The van der Waals surface area contributed by atoms with Gasteiger partial charge in [-0.15, -0.1) is 0 Å². The first-order valence-electron chi connectivity index (χ1n) is 5.84. The third kappa shape index (κ3) is 3.49. The number of hydrogen-bond acceptors (Lipinski definition) is 3. The standard InChI is InChI=1S/C14H15ClN2OS/c1-17(2)14(18)12-4-3-11(15)7-13(12)16-8-10-5-6-19-9-10/h3-7,9,16H,8H2,1-2H3. The summed E-state index contributed by atoms with van der Waals surface area (Å²) in [6, 6.07) is 7.31. The molecule has 1 amide bonds. The van der Waals surface area contributed by atoms with Gasteiger partial charge in [-0.2, -0.15) is 11.3 Å². The van der Waals surface area contributed by atoms with E-state index in [9.17, 15) is 4.79 Å². The smallest absolute Gasteiger partial charge is 0.255 e. The predicted molar refractivity (Wildman–Crippen MR) is 81.1 cm³/mol. The zero-order valence-electron chi connectivity index (χ0n) is 10.8. The van der Waals surface area contributed by atoms with Gasteiger partial charge in [0.1, 0.15) is 0 Å². The number of rotatable bonds is 4. The number of nitrogens with zero attached hydrogens (tertiary/aromatic N) is 1. The van der Waals surface area contributed by atoms with Gasteiger partial charge in [0.05, 0.1) is 5.56 Å². The van der Waals surface area contributed by atoms with Crippen LogP contribution in [0.1, 0.15) is 15.9 Å². The molecule has 0 aliphatic rings. The molecular weight excluding hydrogens is 280 g/mol. The van der Waals surface area contributed by atoms with Crippen LogP contribution in [0.15, 0.2) is 35.0 Å². The van der Waals surface area contributed by atoms with Gasteiger partial charge in [0.15, 0.2) is 0 Å². The zero-order chi connectivity index (χ0) is 13.8. The van der Waals surface area contributed by atoms with Crippen molar-refractivity contribution in [1.82, 2.24) is 4.90 Å². The second-order valence-corrected chi connectivity index (χ2v) is 5.59. The summed E-state index contributed by atoms with van der Waals surface area (Å²) in [4.78, 5) is 13.6. The molecule has 19 heavy (non-hydrogen) atoms. The van der Waals surface area contributed by atoms with E-state index in [1.807, 2.05) is 5.38 Å². The Labute approximate surface area is 121 Å². The van der Waals surface area contributed by atoms with E-state index in [2.05, 4.69) is 16.8 Å². The molecule has 0 spiro atoms. The summed E-state index contributed by atoms with van der Waals surface area (Å²) in [5, 5.41) is 7.98. The van der Waals surface area contributed by atoms with E-state index in [4.69, 9.17) is 11.6 Å². The minimum atomic E-state index is -0.0375. The fourth-order valence-electron chi connectivity index (χ4n) is 1.68. The van der Waals surface area contributed by atoms with Crippen molar-refractivity contribution in [2.45, 2.75) is 6.54 Å². The van der Waals surface area contributed by atoms with Crippen LogP contribution in [0.3, 0.4) is 0 Å². The van der Waals surface area contributed by atoms with Crippen molar-refractivity contribution >= 4 is 34.5 Å². The van der Waals surface area contributed by atoms with E-state index in [1.54, 1.807) is 48.5 Å². The van der Waals surface area contributed by atoms with E-state index < -0.39 is 0 Å². The fraction of sp³-hybridized carbons (Fsp3) is 0.214. The third-order valence-electron chi connectivity index (χ3n) is 2.68. The molecule has 0 unspecified atom stereocenters. The number of carbonyl (C=O) groups excluding carboxylic acids is 1. The zero-order valence-corrected chi connectivity index (χ0v) is 12.4. The molecular formula is C14H15ClN2OS. The van der Waals surface area contributed by atoms with E-state index in [0.717, 1.165) is 5.69 Å². The summed E-state index contributed by atoms with van der Waals surface area (Å²) in [6.45, 7) is 0.678. The molecule has 1 N–H and O–H groups in total. The summed E-state index contributed by atoms with van der Waals surface area (Å²) < 4.78 is 0. The molecule has 100 valence electrons. The largest absolute Gasteiger partial charge is 0.380 e. The molecule has 0 aliphatic carbocycles. The lowest BCUT2D eigenvalue weighted by molar-refractivity contribution is 0.0828. The first-order valence-corrected chi connectivity index (χ1v) is 7.16. The summed E-state index contributed by atoms with van der Waals surface area (Å²) in [7, 11) is 3.47. The monoisotopic (exact) mass is 294 g/mol. The Bertz CT molecular complexity index is 567. The van der Waals surface area contributed by atoms with Gasteiger partial charge in [-0.1, -0.05) is 11.6 Å². The number of amides is 1. The van der Waals surface area contributed by atoms with Gasteiger partial charge >= 0.3 is 0 Å². The highest BCUT2D eigenvalue weighted by molar-refractivity contribution is 7.07. The fourth-order valence-corrected chi connectivity index (χ4v) is 2.52. The molecule has 2 aromatic rings. The first kappa shape index (κ1) is 13.9. The minimum absolute atomic E-state index is 0.0375. The second kappa shape index (κ2) is 6.08. The van der Waals surface area contributed by atoms with Gasteiger partial charge in [0.25, 0.3) is 5.91 Å². The molecule has 5 heteroatoms. The molecule has 3 nitrogen and oxygen atoms in total. The normalized spacial score (nSPS) is 10.3. The van der Waals surface area contributed by atoms with Crippen molar-refractivity contribution in [3.05, 3.63) is 51.2 Å². The molecule has 0 saturated carbocycles. The molecule has 0 bridgehead atoms. The third-order valence-corrected chi connectivity index (χ3v) is 3.65.